The molecule has 1 aliphatic carbocycles. The Morgan fingerprint density at radius 2 is 1.63 bits per heavy atom. The third kappa shape index (κ3) is 6.24. The molecule has 170 valence electrons. The second-order valence-corrected chi connectivity index (χ2v) is 9.50. The third-order valence-electron chi connectivity index (χ3n) is 6.11. The molecule has 30 heavy (non-hydrogen) atoms. The van der Waals surface area contributed by atoms with Gasteiger partial charge in [0, 0.05) is 25.2 Å². The number of carbonyl (C=O) groups excluding carboxylic acids is 1. The van der Waals surface area contributed by atoms with E-state index in [0.717, 1.165) is 32.4 Å². The van der Waals surface area contributed by atoms with E-state index in [1.165, 1.54) is 38.2 Å². The van der Waals surface area contributed by atoms with E-state index >= 15 is 0 Å². The lowest BCUT2D eigenvalue weighted by molar-refractivity contribution is -0.136. The molecule has 0 spiro atoms. The maximum absolute atomic E-state index is 12.9. The highest BCUT2D eigenvalue weighted by atomic mass is 35.5. The van der Waals surface area contributed by atoms with Crippen molar-refractivity contribution in [1.29, 1.82) is 0 Å². The van der Waals surface area contributed by atoms with Crippen LogP contribution in [0.2, 0.25) is 20.1 Å². The topological polar surface area (TPSA) is 32.8 Å². The quantitative estimate of drug-likeness (QED) is 0.319. The van der Waals surface area contributed by atoms with Gasteiger partial charge in [-0.05, 0) is 38.8 Å². The lowest BCUT2D eigenvalue weighted by Crippen LogP contribution is -2.54. The molecule has 1 saturated carbocycles. The largest absolute Gasteiger partial charge is 0.482 e. The van der Waals surface area contributed by atoms with Gasteiger partial charge in [-0.3, -0.25) is 9.69 Å². The first-order chi connectivity index (χ1) is 13.9. The summed E-state index contributed by atoms with van der Waals surface area (Å²) in [6.45, 7) is 2.15. The fourth-order valence-corrected chi connectivity index (χ4v) is 5.32. The molecule has 4 nitrogen and oxygen atoms in total. The average molecular weight is 519 g/mol. The van der Waals surface area contributed by atoms with Crippen molar-refractivity contribution in [2.45, 2.75) is 63.5 Å². The number of nitrogens with zero attached hydrogens (tertiary/aromatic N) is 2. The van der Waals surface area contributed by atoms with Crippen LogP contribution in [0.3, 0.4) is 0 Å². The average Bonchev–Trinajstić information content (AvgIpc) is 3.02. The molecule has 1 amide bonds. The lowest BCUT2D eigenvalue weighted by Gasteiger charge is -2.43. The minimum Gasteiger partial charge on any atom is -0.482 e. The van der Waals surface area contributed by atoms with E-state index in [0.29, 0.717) is 6.04 Å². The van der Waals surface area contributed by atoms with Crippen molar-refractivity contribution in [3.05, 3.63) is 26.2 Å². The van der Waals surface area contributed by atoms with E-state index in [4.69, 9.17) is 51.1 Å². The summed E-state index contributed by atoms with van der Waals surface area (Å²) in [5.41, 5.74) is 0. The van der Waals surface area contributed by atoms with Gasteiger partial charge in [-0.2, -0.15) is 0 Å². The van der Waals surface area contributed by atoms with E-state index < -0.39 is 0 Å². The Bertz CT molecular complexity index is 726. The molecule has 9 heteroatoms. The van der Waals surface area contributed by atoms with Crippen molar-refractivity contribution < 1.29 is 9.53 Å². The van der Waals surface area contributed by atoms with E-state index in [1.54, 1.807) is 0 Å². The highest BCUT2D eigenvalue weighted by Crippen LogP contribution is 2.42. The number of ether oxygens (including phenoxy) is 1. The summed E-state index contributed by atoms with van der Waals surface area (Å²) in [5, 5.41) is 0.712. The predicted molar refractivity (Wildman–Crippen MR) is 128 cm³/mol. The molecule has 0 radical (unpaired) electrons. The first kappa shape index (κ1) is 26.2. The zero-order valence-electron chi connectivity index (χ0n) is 17.1. The van der Waals surface area contributed by atoms with E-state index in [2.05, 4.69) is 4.90 Å². The summed E-state index contributed by atoms with van der Waals surface area (Å²) in [6.07, 6.45) is 9.68. The fraction of sp³-hybridized carbons (Fsp3) is 0.667. The van der Waals surface area contributed by atoms with Crippen LogP contribution in [-0.2, 0) is 4.79 Å². The molecule has 2 fully saturated rings. The van der Waals surface area contributed by atoms with E-state index in [9.17, 15) is 4.79 Å². The van der Waals surface area contributed by atoms with Crippen LogP contribution >= 0.6 is 58.8 Å². The Kier molecular flexibility index (Phi) is 10.7. The third-order valence-corrected chi connectivity index (χ3v) is 7.85. The van der Waals surface area contributed by atoms with Crippen LogP contribution in [0.15, 0.2) is 6.07 Å². The van der Waals surface area contributed by atoms with Gasteiger partial charge in [-0.1, -0.05) is 72.1 Å². The molecule has 0 unspecified atom stereocenters. The molecule has 2 aliphatic rings. The number of amides is 1. The van der Waals surface area contributed by atoms with Crippen LogP contribution in [0.1, 0.15) is 51.4 Å². The highest BCUT2D eigenvalue weighted by Gasteiger charge is 2.34. The highest BCUT2D eigenvalue weighted by molar-refractivity contribution is 6.52. The van der Waals surface area contributed by atoms with E-state index in [-0.39, 0.29) is 56.8 Å². The number of hydrogen-bond acceptors (Lipinski definition) is 3. The van der Waals surface area contributed by atoms with Gasteiger partial charge in [-0.25, -0.2) is 0 Å². The van der Waals surface area contributed by atoms with Crippen LogP contribution in [0.4, 0.5) is 0 Å². The van der Waals surface area contributed by atoms with Gasteiger partial charge in [0.25, 0.3) is 5.91 Å². The number of benzene rings is 1. The predicted octanol–water partition coefficient (Wildman–Crippen LogP) is 6.75. The van der Waals surface area contributed by atoms with Crippen molar-refractivity contribution in [3.8, 4) is 5.75 Å². The minimum absolute atomic E-state index is 0. The van der Waals surface area contributed by atoms with Crippen LogP contribution < -0.4 is 4.74 Å². The number of hydrogen-bond donors (Lipinski definition) is 0. The Morgan fingerprint density at radius 3 is 2.30 bits per heavy atom. The van der Waals surface area contributed by atoms with Crippen molar-refractivity contribution >= 4 is 64.7 Å². The Morgan fingerprint density at radius 1 is 1.00 bits per heavy atom. The standard InChI is InChI=1S/C21H28Cl4N2O2.ClH/c1-26(15-8-4-5-9-16(15)27-10-6-2-3-7-11-27)18(28)13-29-17-12-14(22)19(23)21(25)20(17)24;/h12,15-16H,2-11,13H2,1H3;1H/t15-,16-;/m1./s1. The zero-order valence-corrected chi connectivity index (χ0v) is 21.0. The monoisotopic (exact) mass is 516 g/mol. The molecule has 1 heterocycles. The molecule has 1 aliphatic heterocycles. The normalized spacial score (nSPS) is 22.7. The minimum atomic E-state index is -0.117. The number of halogens is 5. The van der Waals surface area contributed by atoms with Crippen molar-refractivity contribution in [2.24, 2.45) is 0 Å². The first-order valence-electron chi connectivity index (χ1n) is 10.4. The Balaban J connectivity index is 0.00000320. The van der Waals surface area contributed by atoms with Crippen molar-refractivity contribution in [1.82, 2.24) is 9.80 Å². The van der Waals surface area contributed by atoms with Gasteiger partial charge < -0.3 is 9.64 Å². The summed E-state index contributed by atoms with van der Waals surface area (Å²) in [5.74, 6) is 0.190. The SMILES string of the molecule is CN(C(=O)COc1cc(Cl)c(Cl)c(Cl)c1Cl)[C@@H]1CCCC[C@H]1N1CCCCCC1.Cl. The molecule has 1 saturated heterocycles. The molecule has 1 aromatic carbocycles. The summed E-state index contributed by atoms with van der Waals surface area (Å²) < 4.78 is 5.66. The van der Waals surface area contributed by atoms with Crippen molar-refractivity contribution in [3.63, 3.8) is 0 Å². The van der Waals surface area contributed by atoms with Crippen LogP contribution in [0, 0.1) is 0 Å². The van der Waals surface area contributed by atoms with Gasteiger partial charge in [0.1, 0.15) is 10.8 Å². The molecule has 0 bridgehead atoms. The van der Waals surface area contributed by atoms with Gasteiger partial charge in [-0.15, -0.1) is 12.4 Å². The number of rotatable bonds is 5. The molecule has 0 aromatic heterocycles. The Hall–Kier alpha value is -0.100. The maximum atomic E-state index is 12.9. The van der Waals surface area contributed by atoms with Crippen LogP contribution in [-0.4, -0.2) is 54.5 Å². The number of likely N-dealkylation sites (N-methyl/N-ethyl adjacent to an activating group) is 1. The summed E-state index contributed by atoms with van der Waals surface area (Å²) in [4.78, 5) is 17.4. The van der Waals surface area contributed by atoms with Crippen LogP contribution in [0.5, 0.6) is 5.75 Å². The first-order valence-corrected chi connectivity index (χ1v) is 11.9. The van der Waals surface area contributed by atoms with E-state index in [1.807, 2.05) is 11.9 Å². The Labute approximate surface area is 205 Å². The molecule has 2 atom stereocenters. The van der Waals surface area contributed by atoms with Gasteiger partial charge >= 0.3 is 0 Å². The second-order valence-electron chi connectivity index (χ2n) is 7.96. The summed E-state index contributed by atoms with van der Waals surface area (Å²) >= 11 is 24.3. The lowest BCUT2D eigenvalue weighted by atomic mass is 9.88. The van der Waals surface area contributed by atoms with Gasteiger partial charge in [0.2, 0.25) is 0 Å². The van der Waals surface area contributed by atoms with Crippen molar-refractivity contribution in [2.75, 3.05) is 26.7 Å². The fourth-order valence-electron chi connectivity index (χ4n) is 4.48. The summed E-state index contributed by atoms with van der Waals surface area (Å²) in [6, 6.07) is 2.14. The zero-order chi connectivity index (χ0) is 21.0. The van der Waals surface area contributed by atoms with Crippen LogP contribution in [0.25, 0.3) is 0 Å². The smallest absolute Gasteiger partial charge is 0.260 e. The number of carbonyl (C=O) groups is 1. The molecule has 3 rings (SSSR count). The molecular formula is C21H29Cl5N2O2. The molecule has 1 aromatic rings. The number of likely N-dealkylation sites (tertiary alicyclic amines) is 1. The maximum Gasteiger partial charge on any atom is 0.260 e. The molecule has 0 N–H and O–H groups in total. The second kappa shape index (κ2) is 12.2. The summed E-state index contributed by atoms with van der Waals surface area (Å²) in [7, 11) is 1.88. The van der Waals surface area contributed by atoms with Gasteiger partial charge in [0.15, 0.2) is 6.61 Å². The molecular weight excluding hydrogens is 490 g/mol. The van der Waals surface area contributed by atoms with Gasteiger partial charge in [0.05, 0.1) is 15.1 Å².